The Hall–Kier alpha value is -1.62. The summed E-state index contributed by atoms with van der Waals surface area (Å²) in [5.41, 5.74) is 3.52. The van der Waals surface area contributed by atoms with E-state index in [1.54, 1.807) is 0 Å². The molecule has 1 N–H and O–H groups in total. The van der Waals surface area contributed by atoms with E-state index in [2.05, 4.69) is 29.4 Å². The molecule has 0 saturated carbocycles. The van der Waals surface area contributed by atoms with E-state index in [-0.39, 0.29) is 0 Å². The highest BCUT2D eigenvalue weighted by Gasteiger charge is 2.03. The lowest BCUT2D eigenvalue weighted by atomic mass is 10.2. The molecular formula is C12H19N5. The summed E-state index contributed by atoms with van der Waals surface area (Å²) < 4.78 is 3.83. The molecule has 0 spiro atoms. The average molecular weight is 233 g/mol. The standard InChI is InChI=1S/C12H19N5/c1-4-17-6-5-12(15-17)9-13-7-11-8-14-16(3)10(11)2/h5-6,8,13H,4,7,9H2,1-3H3. The Bertz CT molecular complexity index is 483. The zero-order valence-corrected chi connectivity index (χ0v) is 10.6. The fourth-order valence-corrected chi connectivity index (χ4v) is 1.72. The van der Waals surface area contributed by atoms with E-state index in [1.807, 2.05) is 34.9 Å². The molecule has 0 amide bonds. The molecular weight excluding hydrogens is 214 g/mol. The average Bonchev–Trinajstić information content (AvgIpc) is 2.90. The summed E-state index contributed by atoms with van der Waals surface area (Å²) in [6.07, 6.45) is 3.92. The van der Waals surface area contributed by atoms with Crippen molar-refractivity contribution in [2.45, 2.75) is 33.5 Å². The molecule has 0 saturated heterocycles. The van der Waals surface area contributed by atoms with Crippen molar-refractivity contribution in [1.82, 2.24) is 24.9 Å². The molecule has 92 valence electrons. The Morgan fingerprint density at radius 1 is 1.35 bits per heavy atom. The predicted molar refractivity (Wildman–Crippen MR) is 66.4 cm³/mol. The first kappa shape index (κ1) is 11.9. The molecule has 0 aromatic carbocycles. The van der Waals surface area contributed by atoms with Gasteiger partial charge in [0, 0.05) is 44.1 Å². The maximum Gasteiger partial charge on any atom is 0.0762 e. The predicted octanol–water partition coefficient (Wildman–Crippen LogP) is 1.23. The molecule has 17 heavy (non-hydrogen) atoms. The highest BCUT2D eigenvalue weighted by molar-refractivity contribution is 5.15. The highest BCUT2D eigenvalue weighted by atomic mass is 15.3. The third-order valence-corrected chi connectivity index (χ3v) is 2.98. The fraction of sp³-hybridized carbons (Fsp3) is 0.500. The van der Waals surface area contributed by atoms with Crippen LogP contribution in [0.2, 0.25) is 0 Å². The maximum atomic E-state index is 4.42. The van der Waals surface area contributed by atoms with Crippen LogP contribution in [0.5, 0.6) is 0 Å². The molecule has 2 aromatic heterocycles. The van der Waals surface area contributed by atoms with Crippen molar-refractivity contribution in [2.24, 2.45) is 7.05 Å². The van der Waals surface area contributed by atoms with Crippen molar-refractivity contribution in [3.05, 3.63) is 35.4 Å². The minimum absolute atomic E-state index is 0.793. The van der Waals surface area contributed by atoms with Crippen LogP contribution in [0.1, 0.15) is 23.9 Å². The second kappa shape index (κ2) is 5.14. The first-order valence-corrected chi connectivity index (χ1v) is 5.91. The van der Waals surface area contributed by atoms with E-state index in [9.17, 15) is 0 Å². The summed E-state index contributed by atoms with van der Waals surface area (Å²) in [6, 6.07) is 2.05. The number of aryl methyl sites for hydroxylation is 2. The summed E-state index contributed by atoms with van der Waals surface area (Å²) in [4.78, 5) is 0. The topological polar surface area (TPSA) is 47.7 Å². The van der Waals surface area contributed by atoms with Gasteiger partial charge in [0.05, 0.1) is 11.9 Å². The Morgan fingerprint density at radius 3 is 2.76 bits per heavy atom. The first-order chi connectivity index (χ1) is 8.20. The van der Waals surface area contributed by atoms with E-state index < -0.39 is 0 Å². The Balaban J connectivity index is 1.85. The van der Waals surface area contributed by atoms with Crippen LogP contribution in [0, 0.1) is 6.92 Å². The molecule has 2 aromatic rings. The minimum atomic E-state index is 0.793. The maximum absolute atomic E-state index is 4.42. The number of nitrogens with one attached hydrogen (secondary N) is 1. The lowest BCUT2D eigenvalue weighted by molar-refractivity contribution is 0.618. The minimum Gasteiger partial charge on any atom is -0.307 e. The van der Waals surface area contributed by atoms with Crippen molar-refractivity contribution in [1.29, 1.82) is 0 Å². The van der Waals surface area contributed by atoms with Crippen molar-refractivity contribution in [2.75, 3.05) is 0 Å². The summed E-state index contributed by atoms with van der Waals surface area (Å²) in [5.74, 6) is 0. The van der Waals surface area contributed by atoms with Crippen molar-refractivity contribution >= 4 is 0 Å². The van der Waals surface area contributed by atoms with Crippen molar-refractivity contribution < 1.29 is 0 Å². The molecule has 0 aliphatic heterocycles. The van der Waals surface area contributed by atoms with Gasteiger partial charge in [0.25, 0.3) is 0 Å². The summed E-state index contributed by atoms with van der Waals surface area (Å²) in [6.45, 7) is 6.71. The van der Waals surface area contributed by atoms with E-state index >= 15 is 0 Å². The molecule has 0 bridgehead atoms. The molecule has 5 heteroatoms. The van der Waals surface area contributed by atoms with Crippen LogP contribution >= 0.6 is 0 Å². The Morgan fingerprint density at radius 2 is 2.18 bits per heavy atom. The molecule has 0 aliphatic rings. The number of nitrogens with zero attached hydrogens (tertiary/aromatic N) is 4. The van der Waals surface area contributed by atoms with Crippen LogP contribution in [-0.4, -0.2) is 19.6 Å². The number of hydrogen-bond donors (Lipinski definition) is 1. The largest absolute Gasteiger partial charge is 0.307 e. The summed E-state index contributed by atoms with van der Waals surface area (Å²) in [5, 5.41) is 12.0. The Labute approximate surface area is 101 Å². The van der Waals surface area contributed by atoms with Crippen LogP contribution in [-0.2, 0) is 26.7 Å². The van der Waals surface area contributed by atoms with E-state index in [0.717, 1.165) is 25.3 Å². The monoisotopic (exact) mass is 233 g/mol. The van der Waals surface area contributed by atoms with Gasteiger partial charge in [-0.1, -0.05) is 0 Å². The molecule has 5 nitrogen and oxygen atoms in total. The van der Waals surface area contributed by atoms with Crippen LogP contribution in [0.25, 0.3) is 0 Å². The quantitative estimate of drug-likeness (QED) is 0.845. The van der Waals surface area contributed by atoms with E-state index in [4.69, 9.17) is 0 Å². The van der Waals surface area contributed by atoms with Crippen LogP contribution in [0.15, 0.2) is 18.5 Å². The number of rotatable bonds is 5. The third kappa shape index (κ3) is 2.74. The second-order valence-corrected chi connectivity index (χ2v) is 4.15. The SMILES string of the molecule is CCn1ccc(CNCc2cnn(C)c2C)n1. The third-order valence-electron chi connectivity index (χ3n) is 2.98. The van der Waals surface area contributed by atoms with Crippen LogP contribution in [0.3, 0.4) is 0 Å². The van der Waals surface area contributed by atoms with Gasteiger partial charge in [-0.3, -0.25) is 9.36 Å². The Kier molecular flexibility index (Phi) is 3.58. The van der Waals surface area contributed by atoms with Crippen molar-refractivity contribution in [3.8, 4) is 0 Å². The van der Waals surface area contributed by atoms with Crippen LogP contribution < -0.4 is 5.32 Å². The molecule has 0 atom stereocenters. The van der Waals surface area contributed by atoms with Gasteiger partial charge >= 0.3 is 0 Å². The molecule has 0 unspecified atom stereocenters. The van der Waals surface area contributed by atoms with Gasteiger partial charge in [0.1, 0.15) is 0 Å². The smallest absolute Gasteiger partial charge is 0.0762 e. The number of hydrogen-bond acceptors (Lipinski definition) is 3. The van der Waals surface area contributed by atoms with Gasteiger partial charge in [0.2, 0.25) is 0 Å². The van der Waals surface area contributed by atoms with E-state index in [0.29, 0.717) is 0 Å². The van der Waals surface area contributed by atoms with Gasteiger partial charge < -0.3 is 5.32 Å². The zero-order valence-electron chi connectivity index (χ0n) is 10.6. The van der Waals surface area contributed by atoms with Crippen molar-refractivity contribution in [3.63, 3.8) is 0 Å². The first-order valence-electron chi connectivity index (χ1n) is 5.91. The van der Waals surface area contributed by atoms with Gasteiger partial charge in [-0.15, -0.1) is 0 Å². The summed E-state index contributed by atoms with van der Waals surface area (Å²) >= 11 is 0. The zero-order chi connectivity index (χ0) is 12.3. The van der Waals surface area contributed by atoms with Gasteiger partial charge in [-0.2, -0.15) is 10.2 Å². The molecule has 0 aliphatic carbocycles. The van der Waals surface area contributed by atoms with Gasteiger partial charge in [-0.25, -0.2) is 0 Å². The fourth-order valence-electron chi connectivity index (χ4n) is 1.72. The van der Waals surface area contributed by atoms with Gasteiger partial charge in [0.15, 0.2) is 0 Å². The second-order valence-electron chi connectivity index (χ2n) is 4.15. The molecule has 0 radical (unpaired) electrons. The molecule has 2 rings (SSSR count). The van der Waals surface area contributed by atoms with E-state index in [1.165, 1.54) is 11.3 Å². The lowest BCUT2D eigenvalue weighted by Gasteiger charge is -2.02. The lowest BCUT2D eigenvalue weighted by Crippen LogP contribution is -2.14. The molecule has 2 heterocycles. The highest BCUT2D eigenvalue weighted by Crippen LogP contribution is 2.05. The van der Waals surface area contributed by atoms with Crippen LogP contribution in [0.4, 0.5) is 0 Å². The number of aromatic nitrogens is 4. The summed E-state index contributed by atoms with van der Waals surface area (Å²) in [7, 11) is 1.96. The normalized spacial score (nSPS) is 11.0. The van der Waals surface area contributed by atoms with Gasteiger partial charge in [-0.05, 0) is 19.9 Å². The molecule has 0 fully saturated rings.